The van der Waals surface area contributed by atoms with Crippen LogP contribution in [0.5, 0.6) is 0 Å². The van der Waals surface area contributed by atoms with E-state index in [1.165, 1.54) is 4.90 Å². The number of carbonyl (C=O) groups excluding carboxylic acids is 1. The lowest BCUT2D eigenvalue weighted by molar-refractivity contribution is 0.0237. The van der Waals surface area contributed by atoms with Gasteiger partial charge in [-0.3, -0.25) is 4.90 Å². The zero-order valence-electron chi connectivity index (χ0n) is 14.3. The number of nitrogens with zero attached hydrogens (tertiary/aromatic N) is 1. The molecule has 1 saturated heterocycles. The largest absolute Gasteiger partial charge is 0.443 e. The molecule has 0 aliphatic carbocycles. The number of benzene rings is 1. The third kappa shape index (κ3) is 4.38. The van der Waals surface area contributed by atoms with Gasteiger partial charge >= 0.3 is 6.09 Å². The van der Waals surface area contributed by atoms with Crippen LogP contribution in [0.15, 0.2) is 48.7 Å². The van der Waals surface area contributed by atoms with Gasteiger partial charge in [0.05, 0.1) is 5.92 Å². The summed E-state index contributed by atoms with van der Waals surface area (Å²) in [6, 6.07) is 7.07. The lowest BCUT2D eigenvalue weighted by Gasteiger charge is -2.38. The summed E-state index contributed by atoms with van der Waals surface area (Å²) in [5, 5.41) is 0.534. The van der Waals surface area contributed by atoms with Crippen LogP contribution in [0.4, 0.5) is 9.18 Å². The van der Waals surface area contributed by atoms with E-state index < -0.39 is 23.8 Å². The van der Waals surface area contributed by atoms with Gasteiger partial charge in [-0.05, 0) is 51.0 Å². The number of hydrogen-bond acceptors (Lipinski definition) is 2. The summed E-state index contributed by atoms with van der Waals surface area (Å²) in [7, 11) is 0. The molecule has 1 aliphatic rings. The van der Waals surface area contributed by atoms with E-state index in [0.717, 1.165) is 5.56 Å². The highest BCUT2D eigenvalue weighted by Gasteiger charge is 2.38. The molecule has 1 aliphatic heterocycles. The number of alkyl halides is 1. The number of amides is 1. The van der Waals surface area contributed by atoms with Gasteiger partial charge in [0.15, 0.2) is 0 Å². The Hall–Kier alpha value is -1.81. The molecule has 5 heteroatoms. The van der Waals surface area contributed by atoms with E-state index in [0.29, 0.717) is 10.7 Å². The Balaban J connectivity index is 2.40. The molecular formula is C19H23ClFNO2. The smallest absolute Gasteiger partial charge is 0.414 e. The second-order valence-corrected chi connectivity index (χ2v) is 7.23. The van der Waals surface area contributed by atoms with Crippen LogP contribution in [0, 0.1) is 0 Å². The Bertz CT molecular complexity index is 651. The first-order chi connectivity index (χ1) is 11.2. The average Bonchev–Trinajstić information content (AvgIpc) is 2.46. The number of likely N-dealkylation sites (tertiary alicyclic amines) is 1. The standard InChI is InChI=1S/C19H23ClFNO2/c1-5-7-16-17(13-8-6-9-14(20)12-13)15(21)10-11-22(16)18(23)24-19(2,3)4/h5-9,12,15,17H,1,10-11H2,2-4H3. The average molecular weight is 352 g/mol. The van der Waals surface area contributed by atoms with Crippen molar-refractivity contribution in [1.29, 1.82) is 0 Å². The number of hydrogen-bond donors (Lipinski definition) is 0. The second kappa shape index (κ2) is 7.39. The summed E-state index contributed by atoms with van der Waals surface area (Å²) in [6.45, 7) is 9.37. The van der Waals surface area contributed by atoms with Crippen molar-refractivity contribution in [3.05, 3.63) is 59.3 Å². The predicted octanol–water partition coefficient (Wildman–Crippen LogP) is 5.47. The van der Waals surface area contributed by atoms with Gasteiger partial charge in [-0.15, -0.1) is 0 Å². The van der Waals surface area contributed by atoms with Gasteiger partial charge in [0.1, 0.15) is 11.8 Å². The number of carbonyl (C=O) groups is 1. The van der Waals surface area contributed by atoms with E-state index in [9.17, 15) is 9.18 Å². The van der Waals surface area contributed by atoms with Crippen LogP contribution in [-0.2, 0) is 4.74 Å². The van der Waals surface area contributed by atoms with Crippen LogP contribution >= 0.6 is 11.6 Å². The molecule has 0 saturated carbocycles. The van der Waals surface area contributed by atoms with Gasteiger partial charge < -0.3 is 4.74 Å². The molecule has 1 heterocycles. The summed E-state index contributed by atoms with van der Waals surface area (Å²) in [5.41, 5.74) is 0.658. The molecule has 2 rings (SSSR count). The fraction of sp³-hybridized carbons (Fsp3) is 0.421. The first-order valence-electron chi connectivity index (χ1n) is 7.95. The fourth-order valence-corrected chi connectivity index (χ4v) is 3.01. The predicted molar refractivity (Wildman–Crippen MR) is 94.9 cm³/mol. The third-order valence-electron chi connectivity index (χ3n) is 3.73. The maximum Gasteiger partial charge on any atom is 0.414 e. The van der Waals surface area contributed by atoms with Gasteiger partial charge in [0.2, 0.25) is 0 Å². The van der Waals surface area contributed by atoms with Crippen LogP contribution in [0.2, 0.25) is 5.02 Å². The third-order valence-corrected chi connectivity index (χ3v) is 3.97. The highest BCUT2D eigenvalue weighted by Crippen LogP contribution is 2.39. The van der Waals surface area contributed by atoms with Crippen LogP contribution < -0.4 is 0 Å². The van der Waals surface area contributed by atoms with Crippen molar-refractivity contribution in [2.24, 2.45) is 0 Å². The van der Waals surface area contributed by atoms with Gasteiger partial charge in [-0.1, -0.05) is 36.4 Å². The quantitative estimate of drug-likeness (QED) is 0.706. The van der Waals surface area contributed by atoms with E-state index in [1.807, 2.05) is 6.07 Å². The molecule has 0 radical (unpaired) electrons. The highest BCUT2D eigenvalue weighted by atomic mass is 35.5. The molecule has 24 heavy (non-hydrogen) atoms. The summed E-state index contributed by atoms with van der Waals surface area (Å²) >= 11 is 6.06. The molecule has 130 valence electrons. The first-order valence-corrected chi connectivity index (χ1v) is 8.33. The van der Waals surface area contributed by atoms with E-state index >= 15 is 0 Å². The molecule has 0 aromatic heterocycles. The monoisotopic (exact) mass is 351 g/mol. The molecule has 2 atom stereocenters. The van der Waals surface area contributed by atoms with Crippen molar-refractivity contribution < 1.29 is 13.9 Å². The Morgan fingerprint density at radius 2 is 2.17 bits per heavy atom. The van der Waals surface area contributed by atoms with Crippen LogP contribution in [0.3, 0.4) is 0 Å². The minimum absolute atomic E-state index is 0.241. The molecule has 1 aromatic carbocycles. The highest BCUT2D eigenvalue weighted by molar-refractivity contribution is 6.30. The zero-order chi connectivity index (χ0) is 17.9. The Morgan fingerprint density at radius 3 is 2.75 bits per heavy atom. The number of allylic oxidation sites excluding steroid dienone is 3. The zero-order valence-corrected chi connectivity index (χ0v) is 15.0. The second-order valence-electron chi connectivity index (χ2n) is 6.80. The van der Waals surface area contributed by atoms with E-state index in [2.05, 4.69) is 6.58 Å². The Labute approximate surface area is 147 Å². The number of piperidine rings is 1. The molecule has 1 fully saturated rings. The van der Waals surface area contributed by atoms with Crippen molar-refractivity contribution in [3.63, 3.8) is 0 Å². The fourth-order valence-electron chi connectivity index (χ4n) is 2.81. The van der Waals surface area contributed by atoms with Gasteiger partial charge in [0.25, 0.3) is 0 Å². The lowest BCUT2D eigenvalue weighted by atomic mass is 9.85. The molecule has 2 unspecified atom stereocenters. The summed E-state index contributed by atoms with van der Waals surface area (Å²) in [5.74, 6) is -0.581. The van der Waals surface area contributed by atoms with Crippen LogP contribution in [0.1, 0.15) is 38.7 Å². The normalized spacial score (nSPS) is 23.2. The Morgan fingerprint density at radius 1 is 1.46 bits per heavy atom. The minimum atomic E-state index is -1.10. The molecular weight excluding hydrogens is 329 g/mol. The molecule has 1 aromatic rings. The first kappa shape index (κ1) is 18.5. The van der Waals surface area contributed by atoms with Crippen LogP contribution in [0.25, 0.3) is 0 Å². The molecule has 0 spiro atoms. The van der Waals surface area contributed by atoms with Crippen molar-refractivity contribution in [1.82, 2.24) is 4.90 Å². The van der Waals surface area contributed by atoms with Crippen LogP contribution in [-0.4, -0.2) is 29.3 Å². The van der Waals surface area contributed by atoms with Crippen molar-refractivity contribution in [3.8, 4) is 0 Å². The number of rotatable bonds is 2. The summed E-state index contributed by atoms with van der Waals surface area (Å²) in [6.07, 6.45) is 1.89. The van der Waals surface area contributed by atoms with Gasteiger partial charge in [-0.2, -0.15) is 0 Å². The van der Waals surface area contributed by atoms with Gasteiger partial charge in [-0.25, -0.2) is 9.18 Å². The summed E-state index contributed by atoms with van der Waals surface area (Å²) in [4.78, 5) is 14.0. The summed E-state index contributed by atoms with van der Waals surface area (Å²) < 4.78 is 20.2. The van der Waals surface area contributed by atoms with E-state index in [-0.39, 0.29) is 13.0 Å². The van der Waals surface area contributed by atoms with Crippen molar-refractivity contribution >= 4 is 17.7 Å². The lowest BCUT2D eigenvalue weighted by Crippen LogP contribution is -2.44. The Kier molecular flexibility index (Phi) is 5.70. The maximum absolute atomic E-state index is 14.7. The number of ether oxygens (including phenoxy) is 1. The van der Waals surface area contributed by atoms with Crippen molar-refractivity contribution in [2.45, 2.75) is 44.9 Å². The van der Waals surface area contributed by atoms with E-state index in [4.69, 9.17) is 16.3 Å². The van der Waals surface area contributed by atoms with Crippen molar-refractivity contribution in [2.75, 3.05) is 6.54 Å². The SMILES string of the molecule is C=CC=C1C(c2cccc(Cl)c2)C(F)CCN1C(=O)OC(C)(C)C. The van der Waals surface area contributed by atoms with E-state index in [1.54, 1.807) is 51.1 Å². The topological polar surface area (TPSA) is 29.5 Å². The maximum atomic E-state index is 14.7. The molecule has 0 bridgehead atoms. The molecule has 1 amide bonds. The minimum Gasteiger partial charge on any atom is -0.443 e. The van der Waals surface area contributed by atoms with Gasteiger partial charge in [0, 0.05) is 17.3 Å². The molecule has 3 nitrogen and oxygen atoms in total. The number of halogens is 2. The molecule has 0 N–H and O–H groups in total.